The summed E-state index contributed by atoms with van der Waals surface area (Å²) in [6.45, 7) is 6.61. The minimum Gasteiger partial charge on any atom is -0.446 e. The minimum absolute atomic E-state index is 0.322. The first kappa shape index (κ1) is 20.7. The summed E-state index contributed by atoms with van der Waals surface area (Å²) < 4.78 is 7.84. The van der Waals surface area contributed by atoms with Crippen LogP contribution in [-0.2, 0) is 17.7 Å². The number of aromatic nitrogens is 2. The van der Waals surface area contributed by atoms with Crippen molar-refractivity contribution in [2.24, 2.45) is 0 Å². The average Bonchev–Trinajstić information content (AvgIpc) is 3.07. The van der Waals surface area contributed by atoms with E-state index in [4.69, 9.17) is 9.72 Å². The number of imidazole rings is 1. The second-order valence-corrected chi connectivity index (χ2v) is 7.95. The lowest BCUT2D eigenvalue weighted by atomic mass is 10.1. The summed E-state index contributed by atoms with van der Waals surface area (Å²) in [5.41, 5.74) is 6.15. The molecule has 5 nitrogen and oxygen atoms in total. The van der Waals surface area contributed by atoms with E-state index >= 15 is 0 Å². The molecule has 0 bridgehead atoms. The van der Waals surface area contributed by atoms with E-state index in [0.29, 0.717) is 6.42 Å². The zero-order chi connectivity index (χ0) is 21.8. The van der Waals surface area contributed by atoms with E-state index in [-0.39, 0.29) is 6.10 Å². The summed E-state index contributed by atoms with van der Waals surface area (Å²) >= 11 is 0. The number of benzene rings is 3. The minimum atomic E-state index is -0.454. The molecular formula is C26H27N3O2. The van der Waals surface area contributed by atoms with Crippen molar-refractivity contribution in [2.75, 3.05) is 5.32 Å². The quantitative estimate of drug-likeness (QED) is 0.429. The molecule has 158 valence electrons. The maximum absolute atomic E-state index is 12.4. The summed E-state index contributed by atoms with van der Waals surface area (Å²) in [6, 6.07) is 24.3. The van der Waals surface area contributed by atoms with Gasteiger partial charge >= 0.3 is 6.09 Å². The van der Waals surface area contributed by atoms with Crippen molar-refractivity contribution >= 4 is 22.8 Å². The summed E-state index contributed by atoms with van der Waals surface area (Å²) in [5, 5.41) is 2.85. The van der Waals surface area contributed by atoms with Gasteiger partial charge in [-0.15, -0.1) is 0 Å². The lowest BCUT2D eigenvalue weighted by Crippen LogP contribution is -2.23. The molecule has 0 fully saturated rings. The number of ether oxygens (including phenoxy) is 1. The van der Waals surface area contributed by atoms with Gasteiger partial charge in [0.2, 0.25) is 0 Å². The molecule has 31 heavy (non-hydrogen) atoms. The molecule has 0 saturated heterocycles. The summed E-state index contributed by atoms with van der Waals surface area (Å²) in [6.07, 6.45) is -0.246. The van der Waals surface area contributed by atoms with E-state index in [1.54, 1.807) is 0 Å². The Morgan fingerprint density at radius 1 is 1.03 bits per heavy atom. The van der Waals surface area contributed by atoms with Crippen molar-refractivity contribution in [2.45, 2.75) is 39.8 Å². The number of aryl methyl sites for hydroxylation is 2. The fourth-order valence-electron chi connectivity index (χ4n) is 3.80. The number of carbonyl (C=O) groups excluding carboxylic acids is 1. The van der Waals surface area contributed by atoms with E-state index < -0.39 is 6.09 Å². The Hall–Kier alpha value is -3.60. The van der Waals surface area contributed by atoms with Crippen LogP contribution in [0.5, 0.6) is 0 Å². The molecule has 0 aliphatic rings. The van der Waals surface area contributed by atoms with Crippen molar-refractivity contribution in [3.63, 3.8) is 0 Å². The number of anilines is 1. The van der Waals surface area contributed by atoms with Crippen LogP contribution in [0, 0.1) is 13.8 Å². The van der Waals surface area contributed by atoms with Crippen molar-refractivity contribution in [3.05, 3.63) is 95.3 Å². The van der Waals surface area contributed by atoms with Gasteiger partial charge in [0.25, 0.3) is 0 Å². The third kappa shape index (κ3) is 4.94. The van der Waals surface area contributed by atoms with E-state index in [0.717, 1.165) is 40.2 Å². The molecule has 1 amide bonds. The average molecular weight is 414 g/mol. The molecule has 1 unspecified atom stereocenters. The molecule has 1 aromatic heterocycles. The van der Waals surface area contributed by atoms with Gasteiger partial charge in [-0.1, -0.05) is 60.2 Å². The van der Waals surface area contributed by atoms with Crippen LogP contribution >= 0.6 is 0 Å². The van der Waals surface area contributed by atoms with Gasteiger partial charge in [0.05, 0.1) is 11.0 Å². The molecular weight excluding hydrogens is 386 g/mol. The molecule has 0 radical (unpaired) electrons. The fourth-order valence-corrected chi connectivity index (χ4v) is 3.80. The molecule has 0 aliphatic heterocycles. The zero-order valence-electron chi connectivity index (χ0n) is 18.1. The second kappa shape index (κ2) is 9.04. The molecule has 4 rings (SSSR count). The monoisotopic (exact) mass is 413 g/mol. The number of hydrogen-bond acceptors (Lipinski definition) is 3. The highest BCUT2D eigenvalue weighted by Crippen LogP contribution is 2.20. The van der Waals surface area contributed by atoms with Gasteiger partial charge < -0.3 is 9.30 Å². The third-order valence-corrected chi connectivity index (χ3v) is 5.31. The molecule has 3 aromatic carbocycles. The van der Waals surface area contributed by atoms with Crippen LogP contribution in [0.3, 0.4) is 0 Å². The molecule has 5 heteroatoms. The van der Waals surface area contributed by atoms with E-state index in [9.17, 15) is 4.79 Å². The molecule has 0 spiro atoms. The molecule has 1 heterocycles. The Kier molecular flexibility index (Phi) is 6.03. The first-order chi connectivity index (χ1) is 15.0. The topological polar surface area (TPSA) is 56.1 Å². The Morgan fingerprint density at radius 2 is 1.77 bits per heavy atom. The van der Waals surface area contributed by atoms with E-state index in [2.05, 4.69) is 28.1 Å². The third-order valence-electron chi connectivity index (χ3n) is 5.31. The van der Waals surface area contributed by atoms with Crippen LogP contribution in [-0.4, -0.2) is 21.7 Å². The van der Waals surface area contributed by atoms with Crippen molar-refractivity contribution in [3.8, 4) is 0 Å². The van der Waals surface area contributed by atoms with Gasteiger partial charge in [-0.05, 0) is 50.1 Å². The maximum atomic E-state index is 12.4. The van der Waals surface area contributed by atoms with Crippen molar-refractivity contribution < 1.29 is 9.53 Å². The zero-order valence-corrected chi connectivity index (χ0v) is 18.1. The number of nitrogens with zero attached hydrogens (tertiary/aromatic N) is 2. The van der Waals surface area contributed by atoms with Crippen molar-refractivity contribution in [1.82, 2.24) is 9.55 Å². The second-order valence-electron chi connectivity index (χ2n) is 7.95. The van der Waals surface area contributed by atoms with Gasteiger partial charge in [0, 0.05) is 18.7 Å². The molecule has 1 N–H and O–H groups in total. The fraction of sp³-hybridized carbons (Fsp3) is 0.231. The van der Waals surface area contributed by atoms with Crippen LogP contribution in [0.15, 0.2) is 72.8 Å². The first-order valence-electron chi connectivity index (χ1n) is 10.5. The standard InChI is InChI=1S/C26H27N3O2/c1-18-13-14-22(19(2)15-18)28-26(30)31-20(3)16-25-27-23-11-7-8-12-24(23)29(25)17-21-9-5-4-6-10-21/h4-15,20H,16-17H2,1-3H3,(H,28,30). The van der Waals surface area contributed by atoms with Crippen LogP contribution in [0.1, 0.15) is 29.4 Å². The number of nitrogens with one attached hydrogen (secondary N) is 1. The van der Waals surface area contributed by atoms with Crippen LogP contribution in [0.2, 0.25) is 0 Å². The lowest BCUT2D eigenvalue weighted by Gasteiger charge is -2.16. The predicted octanol–water partition coefficient (Wildman–Crippen LogP) is 5.88. The normalized spacial score (nSPS) is 12.0. The number of amides is 1. The molecule has 0 aliphatic carbocycles. The van der Waals surface area contributed by atoms with E-state index in [1.165, 1.54) is 5.56 Å². The highest BCUT2D eigenvalue weighted by atomic mass is 16.6. The highest BCUT2D eigenvalue weighted by molar-refractivity contribution is 5.85. The molecule has 0 saturated carbocycles. The van der Waals surface area contributed by atoms with Crippen molar-refractivity contribution in [1.29, 1.82) is 0 Å². The molecule has 1 atom stereocenters. The predicted molar refractivity (Wildman–Crippen MR) is 124 cm³/mol. The SMILES string of the molecule is Cc1ccc(NC(=O)OC(C)Cc2nc3ccccc3n2Cc2ccccc2)c(C)c1. The number of carbonyl (C=O) groups is 1. The molecule has 4 aromatic rings. The first-order valence-corrected chi connectivity index (χ1v) is 10.5. The van der Waals surface area contributed by atoms with Crippen LogP contribution in [0.25, 0.3) is 11.0 Å². The largest absolute Gasteiger partial charge is 0.446 e. The van der Waals surface area contributed by atoms with Crippen LogP contribution in [0.4, 0.5) is 10.5 Å². The Balaban J connectivity index is 1.49. The summed E-state index contributed by atoms with van der Waals surface area (Å²) in [7, 11) is 0. The van der Waals surface area contributed by atoms with Gasteiger partial charge in [-0.25, -0.2) is 9.78 Å². The summed E-state index contributed by atoms with van der Waals surface area (Å²) in [5.74, 6) is 0.900. The van der Waals surface area contributed by atoms with Gasteiger partial charge in [0.1, 0.15) is 11.9 Å². The highest BCUT2D eigenvalue weighted by Gasteiger charge is 2.17. The number of rotatable bonds is 6. The smallest absolute Gasteiger partial charge is 0.411 e. The summed E-state index contributed by atoms with van der Waals surface area (Å²) in [4.78, 5) is 17.3. The van der Waals surface area contributed by atoms with Gasteiger partial charge in [-0.3, -0.25) is 5.32 Å². The number of hydrogen-bond donors (Lipinski definition) is 1. The Bertz CT molecular complexity index is 1200. The maximum Gasteiger partial charge on any atom is 0.411 e. The van der Waals surface area contributed by atoms with E-state index in [1.807, 2.05) is 75.4 Å². The van der Waals surface area contributed by atoms with Gasteiger partial charge in [0.15, 0.2) is 0 Å². The van der Waals surface area contributed by atoms with Gasteiger partial charge in [-0.2, -0.15) is 0 Å². The Labute approximate surface area is 182 Å². The Morgan fingerprint density at radius 3 is 2.55 bits per heavy atom. The number of para-hydroxylation sites is 2. The number of fused-ring (bicyclic) bond motifs is 1. The lowest BCUT2D eigenvalue weighted by molar-refractivity contribution is 0.119. The van der Waals surface area contributed by atoms with Crippen LogP contribution < -0.4 is 5.32 Å².